The quantitative estimate of drug-likeness (QED) is 0.918. The monoisotopic (exact) mass is 280 g/mol. The van der Waals surface area contributed by atoms with Crippen LogP contribution in [0.1, 0.15) is 31.2 Å². The van der Waals surface area contributed by atoms with Gasteiger partial charge < -0.3 is 15.4 Å². The molecule has 1 aliphatic rings. The molecule has 2 rings (SSSR count). The average Bonchev–Trinajstić information content (AvgIpc) is 2.74. The SMILES string of the molecule is NCc1cc(F)ccc1OCC(=O)N1CCCCCC1. The molecule has 1 aliphatic heterocycles. The Morgan fingerprint density at radius 1 is 1.25 bits per heavy atom. The van der Waals surface area contributed by atoms with Crippen LogP contribution in [0.3, 0.4) is 0 Å². The third-order valence-corrected chi connectivity index (χ3v) is 3.55. The number of nitrogens with two attached hydrogens (primary N) is 1. The molecule has 1 aromatic carbocycles. The van der Waals surface area contributed by atoms with E-state index in [-0.39, 0.29) is 24.9 Å². The molecule has 0 aromatic heterocycles. The van der Waals surface area contributed by atoms with Crippen molar-refractivity contribution >= 4 is 5.91 Å². The minimum absolute atomic E-state index is 0.0146. The first-order valence-electron chi connectivity index (χ1n) is 7.10. The molecule has 1 aromatic rings. The molecule has 0 radical (unpaired) electrons. The fraction of sp³-hybridized carbons (Fsp3) is 0.533. The van der Waals surface area contributed by atoms with Gasteiger partial charge >= 0.3 is 0 Å². The maximum Gasteiger partial charge on any atom is 0.260 e. The van der Waals surface area contributed by atoms with E-state index in [4.69, 9.17) is 10.5 Å². The molecule has 1 saturated heterocycles. The molecule has 2 N–H and O–H groups in total. The van der Waals surface area contributed by atoms with Crippen molar-refractivity contribution in [1.82, 2.24) is 4.90 Å². The first-order chi connectivity index (χ1) is 9.70. The van der Waals surface area contributed by atoms with E-state index < -0.39 is 0 Å². The van der Waals surface area contributed by atoms with E-state index >= 15 is 0 Å². The van der Waals surface area contributed by atoms with Crippen LogP contribution in [0.4, 0.5) is 4.39 Å². The fourth-order valence-electron chi connectivity index (χ4n) is 2.40. The molecule has 20 heavy (non-hydrogen) atoms. The van der Waals surface area contributed by atoms with Crippen LogP contribution in [0.15, 0.2) is 18.2 Å². The molecule has 1 amide bonds. The number of halogens is 1. The Balaban J connectivity index is 1.92. The highest BCUT2D eigenvalue weighted by atomic mass is 19.1. The molecule has 0 atom stereocenters. The van der Waals surface area contributed by atoms with Gasteiger partial charge in [-0.15, -0.1) is 0 Å². The molecule has 0 saturated carbocycles. The van der Waals surface area contributed by atoms with E-state index in [1.54, 1.807) is 0 Å². The van der Waals surface area contributed by atoms with Crippen molar-refractivity contribution in [2.75, 3.05) is 19.7 Å². The second kappa shape index (κ2) is 7.24. The van der Waals surface area contributed by atoms with Crippen LogP contribution in [0.25, 0.3) is 0 Å². The minimum atomic E-state index is -0.350. The highest BCUT2D eigenvalue weighted by molar-refractivity contribution is 5.77. The van der Waals surface area contributed by atoms with Crippen LogP contribution in [0.2, 0.25) is 0 Å². The number of ether oxygens (including phenoxy) is 1. The molecule has 1 heterocycles. The van der Waals surface area contributed by atoms with E-state index in [1.165, 1.54) is 31.0 Å². The van der Waals surface area contributed by atoms with Crippen molar-refractivity contribution < 1.29 is 13.9 Å². The first kappa shape index (κ1) is 14.8. The van der Waals surface area contributed by atoms with Crippen LogP contribution < -0.4 is 10.5 Å². The largest absolute Gasteiger partial charge is 0.483 e. The lowest BCUT2D eigenvalue weighted by Crippen LogP contribution is -2.35. The third kappa shape index (κ3) is 3.93. The third-order valence-electron chi connectivity index (χ3n) is 3.55. The van der Waals surface area contributed by atoms with Gasteiger partial charge in [-0.2, -0.15) is 0 Å². The van der Waals surface area contributed by atoms with Gasteiger partial charge in [0.25, 0.3) is 5.91 Å². The number of hydrogen-bond acceptors (Lipinski definition) is 3. The van der Waals surface area contributed by atoms with Gasteiger partial charge in [-0.3, -0.25) is 4.79 Å². The van der Waals surface area contributed by atoms with Crippen molar-refractivity contribution in [2.24, 2.45) is 5.73 Å². The van der Waals surface area contributed by atoms with Crippen LogP contribution in [0, 0.1) is 5.82 Å². The summed E-state index contributed by atoms with van der Waals surface area (Å²) in [5.74, 6) is 0.118. The van der Waals surface area contributed by atoms with Gasteiger partial charge in [-0.25, -0.2) is 4.39 Å². The van der Waals surface area contributed by atoms with Gasteiger partial charge in [0.2, 0.25) is 0 Å². The van der Waals surface area contributed by atoms with E-state index in [2.05, 4.69) is 0 Å². The molecule has 0 aliphatic carbocycles. The molecule has 0 spiro atoms. The maximum atomic E-state index is 13.1. The molecular formula is C15H21FN2O2. The van der Waals surface area contributed by atoms with Crippen molar-refractivity contribution in [3.8, 4) is 5.75 Å². The Morgan fingerprint density at radius 2 is 1.95 bits per heavy atom. The molecule has 5 heteroatoms. The lowest BCUT2D eigenvalue weighted by molar-refractivity contribution is -0.133. The summed E-state index contributed by atoms with van der Waals surface area (Å²) in [6.07, 6.45) is 4.46. The van der Waals surface area contributed by atoms with E-state index in [1.807, 2.05) is 4.90 Å². The smallest absolute Gasteiger partial charge is 0.260 e. The summed E-state index contributed by atoms with van der Waals surface area (Å²) in [6.45, 7) is 1.77. The maximum absolute atomic E-state index is 13.1. The van der Waals surface area contributed by atoms with Crippen LogP contribution in [-0.4, -0.2) is 30.5 Å². The van der Waals surface area contributed by atoms with E-state index in [0.717, 1.165) is 25.9 Å². The molecule has 1 fully saturated rings. The van der Waals surface area contributed by atoms with Crippen molar-refractivity contribution in [1.29, 1.82) is 0 Å². The lowest BCUT2D eigenvalue weighted by Gasteiger charge is -2.20. The summed E-state index contributed by atoms with van der Waals surface area (Å²) in [5, 5.41) is 0. The Bertz CT molecular complexity index is 457. The standard InChI is InChI=1S/C15H21FN2O2/c16-13-5-6-14(12(9-13)10-17)20-11-15(19)18-7-3-1-2-4-8-18/h5-6,9H,1-4,7-8,10-11,17H2. The van der Waals surface area contributed by atoms with Crippen LogP contribution >= 0.6 is 0 Å². The van der Waals surface area contributed by atoms with Crippen molar-refractivity contribution in [3.63, 3.8) is 0 Å². The second-order valence-electron chi connectivity index (χ2n) is 5.04. The highest BCUT2D eigenvalue weighted by Crippen LogP contribution is 2.19. The number of nitrogens with zero attached hydrogens (tertiary/aromatic N) is 1. The van der Waals surface area contributed by atoms with Crippen LogP contribution in [0.5, 0.6) is 5.75 Å². The molecule has 0 unspecified atom stereocenters. The zero-order valence-electron chi connectivity index (χ0n) is 11.6. The lowest BCUT2D eigenvalue weighted by atomic mass is 10.2. The first-order valence-corrected chi connectivity index (χ1v) is 7.10. The van der Waals surface area contributed by atoms with Gasteiger partial charge in [-0.1, -0.05) is 12.8 Å². The summed E-state index contributed by atoms with van der Waals surface area (Å²) in [5.41, 5.74) is 6.12. The predicted molar refractivity (Wildman–Crippen MR) is 74.8 cm³/mol. The molecule has 110 valence electrons. The Morgan fingerprint density at radius 3 is 2.60 bits per heavy atom. The summed E-state index contributed by atoms with van der Waals surface area (Å²) in [4.78, 5) is 13.9. The van der Waals surface area contributed by atoms with Gasteiger partial charge in [-0.05, 0) is 31.0 Å². The van der Waals surface area contributed by atoms with E-state index in [9.17, 15) is 9.18 Å². The predicted octanol–water partition coefficient (Wildman–Crippen LogP) is 2.07. The second-order valence-corrected chi connectivity index (χ2v) is 5.04. The van der Waals surface area contributed by atoms with Gasteiger partial charge in [0, 0.05) is 25.2 Å². The summed E-state index contributed by atoms with van der Waals surface area (Å²) in [6, 6.07) is 4.17. The van der Waals surface area contributed by atoms with Crippen molar-refractivity contribution in [2.45, 2.75) is 32.2 Å². The average molecular weight is 280 g/mol. The zero-order chi connectivity index (χ0) is 14.4. The van der Waals surface area contributed by atoms with Gasteiger partial charge in [0.05, 0.1) is 0 Å². The number of likely N-dealkylation sites (tertiary alicyclic amines) is 1. The summed E-state index contributed by atoms with van der Waals surface area (Å²) < 4.78 is 18.6. The Kier molecular flexibility index (Phi) is 5.35. The number of rotatable bonds is 4. The van der Waals surface area contributed by atoms with Gasteiger partial charge in [0.15, 0.2) is 6.61 Å². The fourth-order valence-corrected chi connectivity index (χ4v) is 2.40. The zero-order valence-corrected chi connectivity index (χ0v) is 11.6. The topological polar surface area (TPSA) is 55.6 Å². The molecular weight excluding hydrogens is 259 g/mol. The molecule has 4 nitrogen and oxygen atoms in total. The number of carbonyl (C=O) groups is 1. The highest BCUT2D eigenvalue weighted by Gasteiger charge is 2.16. The van der Waals surface area contributed by atoms with Gasteiger partial charge in [0.1, 0.15) is 11.6 Å². The summed E-state index contributed by atoms with van der Waals surface area (Å²) >= 11 is 0. The summed E-state index contributed by atoms with van der Waals surface area (Å²) in [7, 11) is 0. The van der Waals surface area contributed by atoms with Crippen molar-refractivity contribution in [3.05, 3.63) is 29.6 Å². The number of benzene rings is 1. The Hall–Kier alpha value is -1.62. The van der Waals surface area contributed by atoms with Crippen LogP contribution in [-0.2, 0) is 11.3 Å². The van der Waals surface area contributed by atoms with E-state index in [0.29, 0.717) is 11.3 Å². The number of carbonyl (C=O) groups excluding carboxylic acids is 1. The Labute approximate surface area is 118 Å². The number of amides is 1. The number of hydrogen-bond donors (Lipinski definition) is 1. The normalized spacial score (nSPS) is 15.8. The molecule has 0 bridgehead atoms. The minimum Gasteiger partial charge on any atom is -0.483 e.